The van der Waals surface area contributed by atoms with Crippen LogP contribution in [-0.2, 0) is 0 Å². The number of amides is 1. The largest absolute Gasteiger partial charge is 0.399 e. The zero-order chi connectivity index (χ0) is 13.3. The zero-order valence-electron chi connectivity index (χ0n) is 11.2. The Morgan fingerprint density at radius 1 is 1.44 bits per heavy atom. The first kappa shape index (κ1) is 12.7. The van der Waals surface area contributed by atoms with Crippen molar-refractivity contribution in [2.45, 2.75) is 26.3 Å². The molecule has 1 aromatic carbocycles. The maximum absolute atomic E-state index is 11.9. The van der Waals surface area contributed by atoms with Crippen molar-refractivity contribution in [3.63, 3.8) is 0 Å². The van der Waals surface area contributed by atoms with Gasteiger partial charge in [-0.05, 0) is 37.5 Å². The minimum atomic E-state index is -0.0586. The summed E-state index contributed by atoms with van der Waals surface area (Å²) < 4.78 is 0. The number of anilines is 2. The molecular formula is C14H21N3O. The van der Waals surface area contributed by atoms with Crippen LogP contribution in [0.5, 0.6) is 0 Å². The predicted octanol–water partition coefficient (Wildman–Crippen LogP) is 1.86. The molecular weight excluding hydrogens is 226 g/mol. The minimum Gasteiger partial charge on any atom is -0.399 e. The average molecular weight is 247 g/mol. The fraction of sp³-hybridized carbons (Fsp3) is 0.500. The van der Waals surface area contributed by atoms with Crippen molar-refractivity contribution < 1.29 is 4.79 Å². The van der Waals surface area contributed by atoms with Crippen LogP contribution in [0.1, 0.15) is 30.6 Å². The fourth-order valence-electron chi connectivity index (χ4n) is 2.75. The van der Waals surface area contributed by atoms with E-state index in [9.17, 15) is 4.79 Å². The van der Waals surface area contributed by atoms with Crippen LogP contribution in [0.4, 0.5) is 11.4 Å². The Morgan fingerprint density at radius 2 is 2.17 bits per heavy atom. The molecule has 2 unspecified atom stereocenters. The highest BCUT2D eigenvalue weighted by Gasteiger charge is 2.28. The summed E-state index contributed by atoms with van der Waals surface area (Å²) in [6, 6.07) is 5.93. The van der Waals surface area contributed by atoms with Crippen molar-refractivity contribution >= 4 is 17.3 Å². The minimum absolute atomic E-state index is 0.0586. The number of hydrogen-bond acceptors (Lipinski definition) is 3. The maximum Gasteiger partial charge on any atom is 0.253 e. The molecule has 1 heterocycles. The number of nitrogens with one attached hydrogen (secondary N) is 1. The highest BCUT2D eigenvalue weighted by Crippen LogP contribution is 2.32. The van der Waals surface area contributed by atoms with Gasteiger partial charge in [-0.2, -0.15) is 0 Å². The normalized spacial score (nSPS) is 23.2. The fourth-order valence-corrected chi connectivity index (χ4v) is 2.75. The lowest BCUT2D eigenvalue weighted by Gasteiger charge is -2.26. The molecule has 18 heavy (non-hydrogen) atoms. The van der Waals surface area contributed by atoms with E-state index in [0.29, 0.717) is 23.2 Å². The third-order valence-electron chi connectivity index (χ3n) is 3.59. The van der Waals surface area contributed by atoms with Gasteiger partial charge >= 0.3 is 0 Å². The van der Waals surface area contributed by atoms with Crippen LogP contribution >= 0.6 is 0 Å². The smallest absolute Gasteiger partial charge is 0.253 e. The van der Waals surface area contributed by atoms with E-state index in [1.165, 1.54) is 0 Å². The molecule has 2 atom stereocenters. The lowest BCUT2D eigenvalue weighted by atomic mass is 10.1. The predicted molar refractivity (Wildman–Crippen MR) is 74.8 cm³/mol. The SMILES string of the molecule is CNC(=O)c1ccc(N)cc1N1CC(C)CC1C. The van der Waals surface area contributed by atoms with E-state index in [0.717, 1.165) is 18.7 Å². The summed E-state index contributed by atoms with van der Waals surface area (Å²) in [6.45, 7) is 5.41. The van der Waals surface area contributed by atoms with E-state index in [1.54, 1.807) is 19.2 Å². The van der Waals surface area contributed by atoms with Crippen LogP contribution < -0.4 is 16.0 Å². The lowest BCUT2D eigenvalue weighted by Crippen LogP contribution is -2.30. The van der Waals surface area contributed by atoms with E-state index in [-0.39, 0.29) is 5.91 Å². The Kier molecular flexibility index (Phi) is 3.45. The Bertz CT molecular complexity index is 458. The first-order chi connectivity index (χ1) is 8.52. The van der Waals surface area contributed by atoms with Crippen LogP contribution in [0.25, 0.3) is 0 Å². The van der Waals surface area contributed by atoms with Gasteiger partial charge in [0.15, 0.2) is 0 Å². The summed E-state index contributed by atoms with van der Waals surface area (Å²) in [5.74, 6) is 0.593. The van der Waals surface area contributed by atoms with Gasteiger partial charge in [0.1, 0.15) is 0 Å². The van der Waals surface area contributed by atoms with Crippen LogP contribution in [0.2, 0.25) is 0 Å². The van der Waals surface area contributed by atoms with Crippen molar-refractivity contribution in [1.29, 1.82) is 0 Å². The van der Waals surface area contributed by atoms with Crippen molar-refractivity contribution in [2.24, 2.45) is 5.92 Å². The first-order valence-corrected chi connectivity index (χ1v) is 6.41. The molecule has 0 radical (unpaired) electrons. The monoisotopic (exact) mass is 247 g/mol. The number of nitrogen functional groups attached to an aromatic ring is 1. The number of nitrogens with two attached hydrogens (primary N) is 1. The maximum atomic E-state index is 11.9. The molecule has 1 aromatic rings. The molecule has 1 aliphatic rings. The molecule has 1 amide bonds. The third kappa shape index (κ3) is 2.28. The summed E-state index contributed by atoms with van der Waals surface area (Å²) in [7, 11) is 1.65. The molecule has 2 rings (SSSR count). The molecule has 1 aliphatic heterocycles. The Balaban J connectivity index is 2.42. The van der Waals surface area contributed by atoms with E-state index < -0.39 is 0 Å². The molecule has 98 valence electrons. The highest BCUT2D eigenvalue weighted by atomic mass is 16.1. The van der Waals surface area contributed by atoms with Gasteiger partial charge in [0, 0.05) is 25.3 Å². The van der Waals surface area contributed by atoms with Gasteiger partial charge in [0.2, 0.25) is 0 Å². The molecule has 0 aromatic heterocycles. The third-order valence-corrected chi connectivity index (χ3v) is 3.59. The van der Waals surface area contributed by atoms with E-state index >= 15 is 0 Å². The van der Waals surface area contributed by atoms with Crippen molar-refractivity contribution in [1.82, 2.24) is 5.32 Å². The quantitative estimate of drug-likeness (QED) is 0.784. The summed E-state index contributed by atoms with van der Waals surface area (Å²) in [5, 5.41) is 2.68. The summed E-state index contributed by atoms with van der Waals surface area (Å²) >= 11 is 0. The lowest BCUT2D eigenvalue weighted by molar-refractivity contribution is 0.0963. The zero-order valence-corrected chi connectivity index (χ0v) is 11.2. The molecule has 3 N–H and O–H groups in total. The van der Waals surface area contributed by atoms with Crippen LogP contribution in [0.3, 0.4) is 0 Å². The summed E-state index contributed by atoms with van der Waals surface area (Å²) in [4.78, 5) is 14.2. The van der Waals surface area contributed by atoms with Gasteiger partial charge < -0.3 is 16.0 Å². The number of carbonyl (C=O) groups excluding carboxylic acids is 1. The van der Waals surface area contributed by atoms with Gasteiger partial charge in [0.25, 0.3) is 5.91 Å². The number of hydrogen-bond donors (Lipinski definition) is 2. The van der Waals surface area contributed by atoms with E-state index in [1.807, 2.05) is 6.07 Å². The number of benzene rings is 1. The molecule has 1 fully saturated rings. The second-order valence-electron chi connectivity index (χ2n) is 5.20. The number of carbonyl (C=O) groups is 1. The van der Waals surface area contributed by atoms with Crippen molar-refractivity contribution in [2.75, 3.05) is 24.2 Å². The van der Waals surface area contributed by atoms with Gasteiger partial charge in [0.05, 0.1) is 11.3 Å². The van der Waals surface area contributed by atoms with Crippen molar-refractivity contribution in [3.8, 4) is 0 Å². The van der Waals surface area contributed by atoms with E-state index in [2.05, 4.69) is 24.1 Å². The molecule has 0 spiro atoms. The van der Waals surface area contributed by atoms with E-state index in [4.69, 9.17) is 5.73 Å². The Hall–Kier alpha value is -1.71. The van der Waals surface area contributed by atoms with Crippen LogP contribution in [0, 0.1) is 5.92 Å². The van der Waals surface area contributed by atoms with Crippen LogP contribution in [-0.4, -0.2) is 25.5 Å². The topological polar surface area (TPSA) is 58.4 Å². The highest BCUT2D eigenvalue weighted by molar-refractivity contribution is 6.00. The summed E-state index contributed by atoms with van der Waals surface area (Å²) in [6.07, 6.45) is 1.15. The standard InChI is InChI=1S/C14H21N3O/c1-9-6-10(2)17(8-9)13-7-11(15)4-5-12(13)14(18)16-3/h4-5,7,9-10H,6,8,15H2,1-3H3,(H,16,18). The average Bonchev–Trinajstić information content (AvgIpc) is 2.67. The molecule has 0 saturated carbocycles. The van der Waals surface area contributed by atoms with Gasteiger partial charge in [-0.1, -0.05) is 6.92 Å². The first-order valence-electron chi connectivity index (χ1n) is 6.41. The van der Waals surface area contributed by atoms with Crippen LogP contribution in [0.15, 0.2) is 18.2 Å². The Morgan fingerprint density at radius 3 is 2.72 bits per heavy atom. The van der Waals surface area contributed by atoms with Gasteiger partial charge in [-0.3, -0.25) is 4.79 Å². The van der Waals surface area contributed by atoms with Gasteiger partial charge in [-0.25, -0.2) is 0 Å². The Labute approximate surface area is 108 Å². The molecule has 4 heteroatoms. The molecule has 0 aliphatic carbocycles. The molecule has 0 bridgehead atoms. The van der Waals surface area contributed by atoms with Crippen molar-refractivity contribution in [3.05, 3.63) is 23.8 Å². The molecule has 4 nitrogen and oxygen atoms in total. The second kappa shape index (κ2) is 4.88. The van der Waals surface area contributed by atoms with Gasteiger partial charge in [-0.15, -0.1) is 0 Å². The number of nitrogens with zero attached hydrogens (tertiary/aromatic N) is 1. The summed E-state index contributed by atoms with van der Waals surface area (Å²) in [5.41, 5.74) is 8.21. The second-order valence-corrected chi connectivity index (χ2v) is 5.20. The number of rotatable bonds is 2. The molecule has 1 saturated heterocycles.